The van der Waals surface area contributed by atoms with Crippen molar-refractivity contribution in [3.63, 3.8) is 0 Å². The summed E-state index contributed by atoms with van der Waals surface area (Å²) in [4.78, 5) is 14.1. The highest BCUT2D eigenvalue weighted by molar-refractivity contribution is 5.97. The molecule has 0 aromatic heterocycles. The van der Waals surface area contributed by atoms with Gasteiger partial charge in [-0.15, -0.1) is 12.4 Å². The lowest BCUT2D eigenvalue weighted by molar-refractivity contribution is 0.0705. The lowest BCUT2D eigenvalue weighted by Crippen LogP contribution is -2.45. The predicted molar refractivity (Wildman–Crippen MR) is 73.4 cm³/mol. The maximum atomic E-state index is 12.3. The first kappa shape index (κ1) is 14.8. The summed E-state index contributed by atoms with van der Waals surface area (Å²) in [6.07, 6.45) is 1.97. The van der Waals surface area contributed by atoms with Crippen molar-refractivity contribution < 1.29 is 9.53 Å². The van der Waals surface area contributed by atoms with Crippen LogP contribution >= 0.6 is 12.4 Å². The first-order valence-corrected chi connectivity index (χ1v) is 5.90. The Balaban J connectivity index is 0.00000162. The molecule has 5 heteroatoms. The fourth-order valence-corrected chi connectivity index (χ4v) is 2.19. The number of piperidine rings is 1. The van der Waals surface area contributed by atoms with Gasteiger partial charge in [-0.3, -0.25) is 4.79 Å². The fourth-order valence-electron chi connectivity index (χ4n) is 2.19. The fraction of sp³-hybridized carbons (Fsp3) is 0.462. The molecule has 2 N–H and O–H groups in total. The van der Waals surface area contributed by atoms with Crippen molar-refractivity contribution >= 4 is 18.3 Å². The maximum absolute atomic E-state index is 12.3. The quantitative estimate of drug-likeness (QED) is 0.890. The number of carbonyl (C=O) groups is 1. The van der Waals surface area contributed by atoms with Gasteiger partial charge in [0.2, 0.25) is 0 Å². The van der Waals surface area contributed by atoms with Crippen LogP contribution in [-0.4, -0.2) is 37.0 Å². The van der Waals surface area contributed by atoms with E-state index in [0.717, 1.165) is 19.4 Å². The van der Waals surface area contributed by atoms with E-state index in [9.17, 15) is 4.79 Å². The highest BCUT2D eigenvalue weighted by Crippen LogP contribution is 2.21. The number of methoxy groups -OCH3 is 1. The number of ether oxygens (including phenoxy) is 1. The van der Waals surface area contributed by atoms with Crippen molar-refractivity contribution in [2.75, 3.05) is 20.2 Å². The van der Waals surface area contributed by atoms with Gasteiger partial charge in [0.15, 0.2) is 0 Å². The van der Waals surface area contributed by atoms with Gasteiger partial charge in [-0.2, -0.15) is 0 Å². The molecule has 4 nitrogen and oxygen atoms in total. The SMILES string of the molecule is COc1ccccc1C(=O)N1CCCC(N)C1.Cl. The summed E-state index contributed by atoms with van der Waals surface area (Å²) < 4.78 is 5.21. The summed E-state index contributed by atoms with van der Waals surface area (Å²) in [7, 11) is 1.58. The van der Waals surface area contributed by atoms with Crippen LogP contribution in [0.3, 0.4) is 0 Å². The Morgan fingerprint density at radius 1 is 1.44 bits per heavy atom. The number of nitrogens with two attached hydrogens (primary N) is 1. The Hall–Kier alpha value is -1.26. The summed E-state index contributed by atoms with van der Waals surface area (Å²) in [6.45, 7) is 1.42. The monoisotopic (exact) mass is 270 g/mol. The lowest BCUT2D eigenvalue weighted by atomic mass is 10.0. The van der Waals surface area contributed by atoms with Crippen molar-refractivity contribution in [2.45, 2.75) is 18.9 Å². The van der Waals surface area contributed by atoms with Crippen LogP contribution in [0.1, 0.15) is 23.2 Å². The van der Waals surface area contributed by atoms with E-state index in [2.05, 4.69) is 0 Å². The van der Waals surface area contributed by atoms with E-state index < -0.39 is 0 Å². The molecule has 1 fully saturated rings. The summed E-state index contributed by atoms with van der Waals surface area (Å²) in [6, 6.07) is 7.40. The highest BCUT2D eigenvalue weighted by atomic mass is 35.5. The number of nitrogens with zero attached hydrogens (tertiary/aromatic N) is 1. The highest BCUT2D eigenvalue weighted by Gasteiger charge is 2.24. The third-order valence-corrected chi connectivity index (χ3v) is 3.08. The normalized spacial score (nSPS) is 19.0. The molecule has 0 aliphatic carbocycles. The zero-order valence-electron chi connectivity index (χ0n) is 10.5. The van der Waals surface area contributed by atoms with Gasteiger partial charge in [0.1, 0.15) is 5.75 Å². The van der Waals surface area contributed by atoms with Crippen molar-refractivity contribution in [2.24, 2.45) is 5.73 Å². The van der Waals surface area contributed by atoms with Crippen LogP contribution in [0.5, 0.6) is 5.75 Å². The molecule has 1 aromatic carbocycles. The lowest BCUT2D eigenvalue weighted by Gasteiger charge is -2.31. The van der Waals surface area contributed by atoms with Crippen molar-refractivity contribution in [3.8, 4) is 5.75 Å². The van der Waals surface area contributed by atoms with Gasteiger partial charge in [-0.25, -0.2) is 0 Å². The van der Waals surface area contributed by atoms with Crippen LogP contribution in [0.25, 0.3) is 0 Å². The number of amides is 1. The zero-order chi connectivity index (χ0) is 12.3. The molecule has 1 aliphatic heterocycles. The van der Waals surface area contributed by atoms with Crippen LogP contribution in [0, 0.1) is 0 Å². The Morgan fingerprint density at radius 2 is 2.17 bits per heavy atom. The maximum Gasteiger partial charge on any atom is 0.257 e. The molecule has 1 unspecified atom stereocenters. The molecule has 1 saturated heterocycles. The molecule has 2 rings (SSSR count). The summed E-state index contributed by atoms with van der Waals surface area (Å²) in [5.41, 5.74) is 6.50. The Morgan fingerprint density at radius 3 is 2.83 bits per heavy atom. The number of hydrogen-bond donors (Lipinski definition) is 1. The molecule has 0 radical (unpaired) electrons. The number of para-hydroxylation sites is 1. The van der Waals surface area contributed by atoms with Gasteiger partial charge in [0, 0.05) is 19.1 Å². The molecule has 100 valence electrons. The number of likely N-dealkylation sites (tertiary alicyclic amines) is 1. The number of hydrogen-bond acceptors (Lipinski definition) is 3. The van der Waals surface area contributed by atoms with Gasteiger partial charge in [-0.1, -0.05) is 12.1 Å². The van der Waals surface area contributed by atoms with Crippen LogP contribution in [0.2, 0.25) is 0 Å². The van der Waals surface area contributed by atoms with Crippen molar-refractivity contribution in [3.05, 3.63) is 29.8 Å². The second-order valence-corrected chi connectivity index (χ2v) is 4.35. The minimum Gasteiger partial charge on any atom is -0.496 e. The smallest absolute Gasteiger partial charge is 0.257 e. The molecule has 1 atom stereocenters. The summed E-state index contributed by atoms with van der Waals surface area (Å²) >= 11 is 0. The van der Waals surface area contributed by atoms with E-state index in [1.165, 1.54) is 0 Å². The van der Waals surface area contributed by atoms with E-state index in [0.29, 0.717) is 17.9 Å². The van der Waals surface area contributed by atoms with Crippen molar-refractivity contribution in [1.82, 2.24) is 4.90 Å². The van der Waals surface area contributed by atoms with Gasteiger partial charge >= 0.3 is 0 Å². The van der Waals surface area contributed by atoms with E-state index in [1.54, 1.807) is 19.2 Å². The average molecular weight is 271 g/mol. The number of rotatable bonds is 2. The second-order valence-electron chi connectivity index (χ2n) is 4.35. The van der Waals surface area contributed by atoms with Gasteiger partial charge in [-0.05, 0) is 25.0 Å². The standard InChI is InChI=1S/C13H18N2O2.ClH/c1-17-12-7-3-2-6-11(12)13(16)15-8-4-5-10(14)9-15;/h2-3,6-7,10H,4-5,8-9,14H2,1H3;1H. The molecule has 0 bridgehead atoms. The molecule has 1 aliphatic rings. The van der Waals surface area contributed by atoms with Gasteiger partial charge in [0.25, 0.3) is 5.91 Å². The molecule has 0 spiro atoms. The van der Waals surface area contributed by atoms with Gasteiger partial charge < -0.3 is 15.4 Å². The van der Waals surface area contributed by atoms with Crippen molar-refractivity contribution in [1.29, 1.82) is 0 Å². The molecule has 1 amide bonds. The third-order valence-electron chi connectivity index (χ3n) is 3.08. The average Bonchev–Trinajstić information content (AvgIpc) is 2.38. The van der Waals surface area contributed by atoms with Crippen LogP contribution in [-0.2, 0) is 0 Å². The predicted octanol–water partition coefficient (Wildman–Crippen LogP) is 1.68. The summed E-state index contributed by atoms with van der Waals surface area (Å²) in [5, 5.41) is 0. The topological polar surface area (TPSA) is 55.6 Å². The Labute approximate surface area is 114 Å². The van der Waals surface area contributed by atoms with Crippen LogP contribution in [0.4, 0.5) is 0 Å². The summed E-state index contributed by atoms with van der Waals surface area (Å²) in [5.74, 6) is 0.634. The molecule has 0 saturated carbocycles. The molecular weight excluding hydrogens is 252 g/mol. The van der Waals surface area contributed by atoms with Crippen LogP contribution < -0.4 is 10.5 Å². The van der Waals surface area contributed by atoms with E-state index in [4.69, 9.17) is 10.5 Å². The number of halogens is 1. The molecule has 18 heavy (non-hydrogen) atoms. The third kappa shape index (κ3) is 3.15. The Kier molecular flexibility index (Phi) is 5.44. The Bertz CT molecular complexity index is 412. The molecule has 1 aromatic rings. The first-order valence-electron chi connectivity index (χ1n) is 5.90. The zero-order valence-corrected chi connectivity index (χ0v) is 11.3. The second kappa shape index (κ2) is 6.61. The first-order chi connectivity index (χ1) is 8.22. The largest absolute Gasteiger partial charge is 0.496 e. The minimum absolute atomic E-state index is 0. The van der Waals surface area contributed by atoms with Gasteiger partial charge in [0.05, 0.1) is 12.7 Å². The van der Waals surface area contributed by atoms with E-state index in [1.807, 2.05) is 17.0 Å². The molecular formula is C13H19ClN2O2. The number of benzene rings is 1. The minimum atomic E-state index is 0. The number of carbonyl (C=O) groups excluding carboxylic acids is 1. The van der Waals surface area contributed by atoms with Crippen LogP contribution in [0.15, 0.2) is 24.3 Å². The van der Waals surface area contributed by atoms with E-state index >= 15 is 0 Å². The molecule has 1 heterocycles. The van der Waals surface area contributed by atoms with E-state index in [-0.39, 0.29) is 24.4 Å².